The van der Waals surface area contributed by atoms with E-state index in [1.54, 1.807) is 25.3 Å². The molecule has 4 nitrogen and oxygen atoms in total. The predicted molar refractivity (Wildman–Crippen MR) is 104 cm³/mol. The molecular formula is C22H21NO3. The molecule has 0 fully saturated rings. The van der Waals surface area contributed by atoms with Crippen molar-refractivity contribution in [1.82, 2.24) is 0 Å². The first kappa shape index (κ1) is 17.5. The van der Waals surface area contributed by atoms with E-state index >= 15 is 0 Å². The lowest BCUT2D eigenvalue weighted by Crippen LogP contribution is -2.13. The molecule has 0 aliphatic rings. The number of nitrogens with one attached hydrogen (secondary N) is 1. The van der Waals surface area contributed by atoms with Gasteiger partial charge in [-0.3, -0.25) is 4.79 Å². The lowest BCUT2D eigenvalue weighted by Gasteiger charge is -2.13. The number of methoxy groups -OCH3 is 1. The highest BCUT2D eigenvalue weighted by Crippen LogP contribution is 2.31. The molecule has 0 heterocycles. The molecule has 4 heteroatoms. The SMILES string of the molecule is CCOc1ccc(NC(=O)c2ccccc2-c2ccccc2)cc1OC. The van der Waals surface area contributed by atoms with Crippen molar-refractivity contribution in [3.63, 3.8) is 0 Å². The largest absolute Gasteiger partial charge is 0.493 e. The summed E-state index contributed by atoms with van der Waals surface area (Å²) in [6.45, 7) is 2.46. The van der Waals surface area contributed by atoms with Crippen molar-refractivity contribution in [2.75, 3.05) is 19.0 Å². The number of anilines is 1. The first-order valence-corrected chi connectivity index (χ1v) is 8.49. The zero-order valence-corrected chi connectivity index (χ0v) is 14.9. The highest BCUT2D eigenvalue weighted by Gasteiger charge is 2.13. The van der Waals surface area contributed by atoms with E-state index in [2.05, 4.69) is 5.32 Å². The van der Waals surface area contributed by atoms with E-state index in [-0.39, 0.29) is 5.91 Å². The summed E-state index contributed by atoms with van der Waals surface area (Å²) in [5, 5.41) is 2.94. The van der Waals surface area contributed by atoms with E-state index in [1.165, 1.54) is 0 Å². The molecule has 0 radical (unpaired) electrons. The third-order valence-electron chi connectivity index (χ3n) is 3.98. The molecule has 1 N–H and O–H groups in total. The van der Waals surface area contributed by atoms with Gasteiger partial charge in [-0.05, 0) is 36.2 Å². The molecule has 3 aromatic rings. The number of ether oxygens (including phenoxy) is 2. The van der Waals surface area contributed by atoms with E-state index < -0.39 is 0 Å². The first-order valence-electron chi connectivity index (χ1n) is 8.49. The second-order valence-electron chi connectivity index (χ2n) is 5.66. The molecule has 0 atom stereocenters. The Morgan fingerprint density at radius 2 is 1.65 bits per heavy atom. The molecule has 1 amide bonds. The summed E-state index contributed by atoms with van der Waals surface area (Å²) in [6, 6.07) is 22.8. The lowest BCUT2D eigenvalue weighted by atomic mass is 9.99. The van der Waals surface area contributed by atoms with Gasteiger partial charge in [0.2, 0.25) is 0 Å². The zero-order valence-electron chi connectivity index (χ0n) is 14.9. The van der Waals surface area contributed by atoms with Crippen molar-refractivity contribution in [1.29, 1.82) is 0 Å². The van der Waals surface area contributed by atoms with Gasteiger partial charge in [-0.1, -0.05) is 48.5 Å². The maximum Gasteiger partial charge on any atom is 0.256 e. The summed E-state index contributed by atoms with van der Waals surface area (Å²) in [6.07, 6.45) is 0. The number of carbonyl (C=O) groups excluding carboxylic acids is 1. The van der Waals surface area contributed by atoms with Crippen LogP contribution in [0.1, 0.15) is 17.3 Å². The highest BCUT2D eigenvalue weighted by atomic mass is 16.5. The van der Waals surface area contributed by atoms with E-state index in [1.807, 2.05) is 61.5 Å². The predicted octanol–water partition coefficient (Wildman–Crippen LogP) is 5.01. The van der Waals surface area contributed by atoms with Crippen molar-refractivity contribution in [3.05, 3.63) is 78.4 Å². The fourth-order valence-electron chi connectivity index (χ4n) is 2.77. The maximum atomic E-state index is 12.8. The van der Waals surface area contributed by atoms with Gasteiger partial charge < -0.3 is 14.8 Å². The molecule has 3 aromatic carbocycles. The molecule has 0 aromatic heterocycles. The Kier molecular flexibility index (Phi) is 5.54. The van der Waals surface area contributed by atoms with Crippen molar-refractivity contribution < 1.29 is 14.3 Å². The summed E-state index contributed by atoms with van der Waals surface area (Å²) >= 11 is 0. The van der Waals surface area contributed by atoms with Gasteiger partial charge in [0.1, 0.15) is 0 Å². The molecule has 0 aliphatic carbocycles. The van der Waals surface area contributed by atoms with Crippen LogP contribution < -0.4 is 14.8 Å². The second-order valence-corrected chi connectivity index (χ2v) is 5.66. The average molecular weight is 347 g/mol. The van der Waals surface area contributed by atoms with Crippen LogP contribution in [-0.2, 0) is 0 Å². The number of carbonyl (C=O) groups is 1. The van der Waals surface area contributed by atoms with Crippen LogP contribution in [0.5, 0.6) is 11.5 Å². The summed E-state index contributed by atoms with van der Waals surface area (Å²) in [5.74, 6) is 1.06. The van der Waals surface area contributed by atoms with Gasteiger partial charge in [-0.2, -0.15) is 0 Å². The number of amides is 1. The van der Waals surface area contributed by atoms with Crippen LogP contribution in [0.25, 0.3) is 11.1 Å². The Hall–Kier alpha value is -3.27. The van der Waals surface area contributed by atoms with Crippen molar-refractivity contribution in [2.45, 2.75) is 6.92 Å². The number of rotatable bonds is 6. The molecule has 0 bridgehead atoms. The molecular weight excluding hydrogens is 326 g/mol. The van der Waals surface area contributed by atoms with E-state index in [0.717, 1.165) is 11.1 Å². The quantitative estimate of drug-likeness (QED) is 0.681. The highest BCUT2D eigenvalue weighted by molar-refractivity contribution is 6.08. The number of hydrogen-bond donors (Lipinski definition) is 1. The third kappa shape index (κ3) is 3.86. The molecule has 0 unspecified atom stereocenters. The molecule has 132 valence electrons. The van der Waals surface area contributed by atoms with E-state index in [4.69, 9.17) is 9.47 Å². The van der Waals surface area contributed by atoms with Gasteiger partial charge in [0.05, 0.1) is 13.7 Å². The molecule has 0 saturated heterocycles. The molecule has 0 saturated carbocycles. The van der Waals surface area contributed by atoms with Crippen LogP contribution in [-0.4, -0.2) is 19.6 Å². The lowest BCUT2D eigenvalue weighted by molar-refractivity contribution is 0.102. The molecule has 26 heavy (non-hydrogen) atoms. The smallest absolute Gasteiger partial charge is 0.256 e. The Morgan fingerprint density at radius 3 is 2.38 bits per heavy atom. The van der Waals surface area contributed by atoms with Gasteiger partial charge in [0.15, 0.2) is 11.5 Å². The fourth-order valence-corrected chi connectivity index (χ4v) is 2.77. The standard InChI is InChI=1S/C22H21NO3/c1-3-26-20-14-13-17(15-21(20)25-2)23-22(24)19-12-8-7-11-18(19)16-9-5-4-6-10-16/h4-15H,3H2,1-2H3,(H,23,24). The van der Waals surface area contributed by atoms with Crippen LogP contribution >= 0.6 is 0 Å². The van der Waals surface area contributed by atoms with Gasteiger partial charge in [0.25, 0.3) is 5.91 Å². The first-order chi connectivity index (χ1) is 12.7. The zero-order chi connectivity index (χ0) is 18.4. The van der Waals surface area contributed by atoms with E-state index in [0.29, 0.717) is 29.4 Å². The molecule has 0 spiro atoms. The molecule has 3 rings (SSSR count). The minimum atomic E-state index is -0.171. The second kappa shape index (κ2) is 8.21. The van der Waals surface area contributed by atoms with Crippen LogP contribution in [0.4, 0.5) is 5.69 Å². The summed E-state index contributed by atoms with van der Waals surface area (Å²) < 4.78 is 10.9. The number of hydrogen-bond acceptors (Lipinski definition) is 3. The van der Waals surface area contributed by atoms with Crippen molar-refractivity contribution in [2.24, 2.45) is 0 Å². The minimum Gasteiger partial charge on any atom is -0.493 e. The Labute approximate surface area is 153 Å². The van der Waals surface area contributed by atoms with Gasteiger partial charge in [0, 0.05) is 17.3 Å². The Balaban J connectivity index is 1.88. The van der Waals surface area contributed by atoms with Crippen LogP contribution in [0.3, 0.4) is 0 Å². The van der Waals surface area contributed by atoms with Crippen LogP contribution in [0.15, 0.2) is 72.8 Å². The van der Waals surface area contributed by atoms with Crippen molar-refractivity contribution in [3.8, 4) is 22.6 Å². The minimum absolute atomic E-state index is 0.171. The topological polar surface area (TPSA) is 47.6 Å². The average Bonchev–Trinajstić information content (AvgIpc) is 2.70. The summed E-state index contributed by atoms with van der Waals surface area (Å²) in [4.78, 5) is 12.8. The van der Waals surface area contributed by atoms with Gasteiger partial charge >= 0.3 is 0 Å². The summed E-state index contributed by atoms with van der Waals surface area (Å²) in [7, 11) is 1.58. The summed E-state index contributed by atoms with van der Waals surface area (Å²) in [5.41, 5.74) is 3.16. The third-order valence-corrected chi connectivity index (χ3v) is 3.98. The maximum absolute atomic E-state index is 12.8. The monoisotopic (exact) mass is 347 g/mol. The number of benzene rings is 3. The molecule has 0 aliphatic heterocycles. The van der Waals surface area contributed by atoms with Crippen LogP contribution in [0, 0.1) is 0 Å². The van der Waals surface area contributed by atoms with Crippen LogP contribution in [0.2, 0.25) is 0 Å². The van der Waals surface area contributed by atoms with Crippen molar-refractivity contribution >= 4 is 11.6 Å². The Bertz CT molecular complexity index is 891. The fraction of sp³-hybridized carbons (Fsp3) is 0.136. The van der Waals surface area contributed by atoms with Gasteiger partial charge in [-0.25, -0.2) is 0 Å². The van der Waals surface area contributed by atoms with Gasteiger partial charge in [-0.15, -0.1) is 0 Å². The van der Waals surface area contributed by atoms with E-state index in [9.17, 15) is 4.79 Å². The normalized spacial score (nSPS) is 10.2. The Morgan fingerprint density at radius 1 is 0.923 bits per heavy atom.